The zero-order chi connectivity index (χ0) is 20.1. The summed E-state index contributed by atoms with van der Waals surface area (Å²) in [5.74, 6) is -6.05. The molecule has 10 heteroatoms. The normalized spacial score (nSPS) is 16.1. The highest BCUT2D eigenvalue weighted by Crippen LogP contribution is 2.45. The summed E-state index contributed by atoms with van der Waals surface area (Å²) in [5.41, 5.74) is -1.41. The van der Waals surface area contributed by atoms with Gasteiger partial charge >= 0.3 is 12.1 Å². The summed E-state index contributed by atoms with van der Waals surface area (Å²) in [6.45, 7) is 2.51. The van der Waals surface area contributed by atoms with Crippen LogP contribution >= 0.6 is 0 Å². The molecule has 1 N–H and O–H groups in total. The Morgan fingerprint density at radius 1 is 0.964 bits per heavy atom. The van der Waals surface area contributed by atoms with Crippen molar-refractivity contribution in [1.29, 1.82) is 0 Å². The average molecular weight is 400 g/mol. The van der Waals surface area contributed by atoms with Crippen molar-refractivity contribution in [2.75, 3.05) is 31.1 Å². The fraction of sp³-hybridized carbons (Fsp3) is 0.333. The van der Waals surface area contributed by atoms with Gasteiger partial charge < -0.3 is 10.2 Å². The van der Waals surface area contributed by atoms with Crippen molar-refractivity contribution in [2.24, 2.45) is 0 Å². The highest BCUT2D eigenvalue weighted by molar-refractivity contribution is 6.08. The van der Waals surface area contributed by atoms with Crippen molar-refractivity contribution in [2.45, 2.75) is 12.1 Å². The minimum atomic E-state index is -5.84. The van der Waals surface area contributed by atoms with Crippen molar-refractivity contribution in [3.63, 3.8) is 0 Å². The van der Waals surface area contributed by atoms with Crippen molar-refractivity contribution in [3.8, 4) is 0 Å². The summed E-state index contributed by atoms with van der Waals surface area (Å²) in [4.78, 5) is 10.3. The molecule has 0 amide bonds. The van der Waals surface area contributed by atoms with Gasteiger partial charge in [0.05, 0.1) is 0 Å². The van der Waals surface area contributed by atoms with E-state index in [0.717, 1.165) is 0 Å². The van der Waals surface area contributed by atoms with Crippen LogP contribution in [0.3, 0.4) is 0 Å². The monoisotopic (exact) mass is 400 g/mol. The molecule has 148 valence electrons. The SMILES string of the molecule is Fc1cc(C(F)(F)C(F)(F)F)cc2c1nc(N1CCNCC1)c1ncccc12. The Hall–Kier alpha value is -2.62. The van der Waals surface area contributed by atoms with Gasteiger partial charge in [0.15, 0.2) is 5.82 Å². The molecule has 0 radical (unpaired) electrons. The zero-order valence-electron chi connectivity index (χ0n) is 14.3. The van der Waals surface area contributed by atoms with Crippen molar-refractivity contribution < 1.29 is 26.3 Å². The van der Waals surface area contributed by atoms with Crippen molar-refractivity contribution in [1.82, 2.24) is 15.3 Å². The number of hydrogen-bond acceptors (Lipinski definition) is 4. The summed E-state index contributed by atoms with van der Waals surface area (Å²) in [7, 11) is 0. The smallest absolute Gasteiger partial charge is 0.352 e. The molecule has 1 aromatic carbocycles. The molecule has 0 unspecified atom stereocenters. The van der Waals surface area contributed by atoms with E-state index < -0.39 is 23.5 Å². The number of alkyl halides is 5. The second-order valence-corrected chi connectivity index (χ2v) is 6.50. The van der Waals surface area contributed by atoms with E-state index in [4.69, 9.17) is 0 Å². The van der Waals surface area contributed by atoms with E-state index in [2.05, 4.69) is 15.3 Å². The lowest BCUT2D eigenvalue weighted by molar-refractivity contribution is -0.289. The Morgan fingerprint density at radius 2 is 1.68 bits per heavy atom. The molecule has 0 bridgehead atoms. The fourth-order valence-electron chi connectivity index (χ4n) is 3.32. The maximum Gasteiger partial charge on any atom is 0.458 e. The molecule has 28 heavy (non-hydrogen) atoms. The van der Waals surface area contributed by atoms with Crippen LogP contribution in [0.1, 0.15) is 5.56 Å². The Kier molecular flexibility index (Phi) is 4.33. The maximum absolute atomic E-state index is 14.6. The van der Waals surface area contributed by atoms with Crippen LogP contribution in [0.25, 0.3) is 21.8 Å². The first-order chi connectivity index (χ1) is 13.2. The number of pyridine rings is 2. The van der Waals surface area contributed by atoms with E-state index >= 15 is 0 Å². The van der Waals surface area contributed by atoms with Crippen LogP contribution in [0.4, 0.5) is 32.2 Å². The van der Waals surface area contributed by atoms with Gasteiger partial charge in [0.25, 0.3) is 0 Å². The van der Waals surface area contributed by atoms with Gasteiger partial charge in [-0.2, -0.15) is 22.0 Å². The lowest BCUT2D eigenvalue weighted by Crippen LogP contribution is -2.44. The predicted octanol–water partition coefficient (Wildman–Crippen LogP) is 3.99. The molecule has 4 nitrogen and oxygen atoms in total. The summed E-state index contributed by atoms with van der Waals surface area (Å²) < 4.78 is 80.5. The molecule has 1 saturated heterocycles. The van der Waals surface area contributed by atoms with Crippen LogP contribution in [0.5, 0.6) is 0 Å². The van der Waals surface area contributed by atoms with Gasteiger partial charge in [-0.25, -0.2) is 9.37 Å². The third-order valence-electron chi connectivity index (χ3n) is 4.73. The Balaban J connectivity index is 2.00. The molecular formula is C18H14F6N4. The molecule has 4 rings (SSSR count). The Morgan fingerprint density at radius 3 is 2.36 bits per heavy atom. The maximum atomic E-state index is 14.6. The number of hydrogen-bond donors (Lipinski definition) is 1. The Bertz CT molecular complexity index is 1040. The van der Waals surface area contributed by atoms with Crippen LogP contribution in [-0.4, -0.2) is 42.3 Å². The van der Waals surface area contributed by atoms with Gasteiger partial charge in [-0.1, -0.05) is 6.07 Å². The molecule has 3 heterocycles. The molecule has 0 aliphatic carbocycles. The molecular weight excluding hydrogens is 386 g/mol. The van der Waals surface area contributed by atoms with Crippen LogP contribution in [0, 0.1) is 5.82 Å². The van der Waals surface area contributed by atoms with Gasteiger partial charge in [-0.3, -0.25) is 4.98 Å². The quantitative estimate of drug-likeness (QED) is 0.522. The number of piperazine rings is 1. The van der Waals surface area contributed by atoms with E-state index in [1.165, 1.54) is 18.3 Å². The van der Waals surface area contributed by atoms with Crippen molar-refractivity contribution >= 4 is 27.6 Å². The van der Waals surface area contributed by atoms with Gasteiger partial charge in [-0.05, 0) is 18.2 Å². The minimum Gasteiger partial charge on any atom is -0.352 e. The molecule has 2 aromatic heterocycles. The van der Waals surface area contributed by atoms with E-state index in [1.807, 2.05) is 4.90 Å². The third-order valence-corrected chi connectivity index (χ3v) is 4.73. The highest BCUT2D eigenvalue weighted by atomic mass is 19.4. The fourth-order valence-corrected chi connectivity index (χ4v) is 3.32. The summed E-state index contributed by atoms with van der Waals surface area (Å²) >= 11 is 0. The molecule has 1 aliphatic rings. The summed E-state index contributed by atoms with van der Waals surface area (Å²) in [5, 5.41) is 3.29. The largest absolute Gasteiger partial charge is 0.458 e. The number of benzene rings is 1. The lowest BCUT2D eigenvalue weighted by atomic mass is 10.0. The predicted molar refractivity (Wildman–Crippen MR) is 92.0 cm³/mol. The van der Waals surface area contributed by atoms with Crippen LogP contribution in [-0.2, 0) is 5.92 Å². The highest BCUT2D eigenvalue weighted by Gasteiger charge is 2.59. The third kappa shape index (κ3) is 2.92. The number of nitrogens with one attached hydrogen (secondary N) is 1. The first-order valence-corrected chi connectivity index (χ1v) is 8.49. The van der Waals surface area contributed by atoms with Crippen LogP contribution < -0.4 is 10.2 Å². The topological polar surface area (TPSA) is 41.1 Å². The number of halogens is 6. The van der Waals surface area contributed by atoms with Gasteiger partial charge in [0.2, 0.25) is 0 Å². The number of nitrogens with zero attached hydrogens (tertiary/aromatic N) is 3. The zero-order valence-corrected chi connectivity index (χ0v) is 14.3. The second-order valence-electron chi connectivity index (χ2n) is 6.50. The van der Waals surface area contributed by atoms with Crippen LogP contribution in [0.2, 0.25) is 0 Å². The molecule has 0 saturated carbocycles. The summed E-state index contributed by atoms with van der Waals surface area (Å²) in [6, 6.07) is 3.86. The Labute approximate surface area is 155 Å². The average Bonchev–Trinajstić information content (AvgIpc) is 2.67. The first kappa shape index (κ1) is 18.7. The molecule has 1 aliphatic heterocycles. The lowest BCUT2D eigenvalue weighted by Gasteiger charge is -2.29. The number of fused-ring (bicyclic) bond motifs is 3. The van der Waals surface area contributed by atoms with Gasteiger partial charge in [0, 0.05) is 48.7 Å². The number of aromatic nitrogens is 2. The van der Waals surface area contributed by atoms with E-state index in [9.17, 15) is 26.3 Å². The standard InChI is InChI=1S/C18H14F6N4/c19-13-9-10(17(20,21)18(22,23)24)8-12-11-2-1-3-26-15(11)16(27-14(12)13)28-6-4-25-5-7-28/h1-3,8-9,25H,4-7H2. The summed E-state index contributed by atoms with van der Waals surface area (Å²) in [6.07, 6.45) is -4.37. The first-order valence-electron chi connectivity index (χ1n) is 8.49. The second kappa shape index (κ2) is 6.47. The number of anilines is 1. The molecule has 3 aromatic rings. The van der Waals surface area contributed by atoms with E-state index in [0.29, 0.717) is 43.6 Å². The molecule has 0 atom stereocenters. The molecule has 1 fully saturated rings. The van der Waals surface area contributed by atoms with E-state index in [-0.39, 0.29) is 22.4 Å². The minimum absolute atomic E-state index is 0.138. The van der Waals surface area contributed by atoms with Crippen molar-refractivity contribution in [3.05, 3.63) is 41.8 Å². The van der Waals surface area contributed by atoms with Gasteiger partial charge in [0.1, 0.15) is 16.9 Å². The molecule has 0 spiro atoms. The number of rotatable bonds is 2. The van der Waals surface area contributed by atoms with E-state index in [1.54, 1.807) is 0 Å². The van der Waals surface area contributed by atoms with Gasteiger partial charge in [-0.15, -0.1) is 0 Å². The van der Waals surface area contributed by atoms with Crippen LogP contribution in [0.15, 0.2) is 30.5 Å².